The van der Waals surface area contributed by atoms with Crippen LogP contribution in [-0.2, 0) is 6.42 Å². The van der Waals surface area contributed by atoms with E-state index in [0.717, 1.165) is 24.7 Å². The molecule has 0 amide bonds. The Balaban J connectivity index is 2.03. The van der Waals surface area contributed by atoms with Crippen molar-refractivity contribution in [2.24, 2.45) is 11.8 Å². The molecular weight excluding hydrogens is 248 g/mol. The van der Waals surface area contributed by atoms with Gasteiger partial charge in [0.1, 0.15) is 12.2 Å². The van der Waals surface area contributed by atoms with Gasteiger partial charge in [0.05, 0.1) is 0 Å². The summed E-state index contributed by atoms with van der Waals surface area (Å²) in [7, 11) is 0. The summed E-state index contributed by atoms with van der Waals surface area (Å²) in [5.41, 5.74) is 0. The van der Waals surface area contributed by atoms with Gasteiger partial charge in [0, 0.05) is 18.5 Å². The minimum Gasteiger partial charge on any atom is -0.314 e. The molecule has 4 nitrogen and oxygen atoms in total. The van der Waals surface area contributed by atoms with E-state index >= 15 is 0 Å². The van der Waals surface area contributed by atoms with Crippen molar-refractivity contribution in [1.82, 2.24) is 20.1 Å². The van der Waals surface area contributed by atoms with Gasteiger partial charge in [-0.25, -0.2) is 9.67 Å². The summed E-state index contributed by atoms with van der Waals surface area (Å²) in [6.45, 7) is 9.90. The molecule has 1 heterocycles. The van der Waals surface area contributed by atoms with Crippen molar-refractivity contribution in [3.05, 3.63) is 12.2 Å². The molecule has 1 fully saturated rings. The van der Waals surface area contributed by atoms with Crippen LogP contribution in [0.5, 0.6) is 0 Å². The molecule has 1 unspecified atom stereocenters. The monoisotopic (exact) mass is 278 g/mol. The van der Waals surface area contributed by atoms with E-state index in [2.05, 4.69) is 47.8 Å². The molecule has 114 valence electrons. The highest BCUT2D eigenvalue weighted by Crippen LogP contribution is 2.33. The Morgan fingerprint density at radius 1 is 1.25 bits per heavy atom. The first kappa shape index (κ1) is 15.5. The average Bonchev–Trinajstić information content (AvgIpc) is 3.04. The van der Waals surface area contributed by atoms with Crippen LogP contribution < -0.4 is 5.32 Å². The van der Waals surface area contributed by atoms with Gasteiger partial charge >= 0.3 is 0 Å². The van der Waals surface area contributed by atoms with Gasteiger partial charge in [-0.15, -0.1) is 0 Å². The SMILES string of the molecule is CC(C)NCC(Cc1ncnn1C(C)C)C1CCCC1. The minimum atomic E-state index is 0.398. The highest BCUT2D eigenvalue weighted by Gasteiger charge is 2.26. The van der Waals surface area contributed by atoms with Crippen LogP contribution in [0.2, 0.25) is 0 Å². The van der Waals surface area contributed by atoms with Crippen LogP contribution in [0, 0.1) is 11.8 Å². The molecule has 0 saturated heterocycles. The molecule has 1 aliphatic carbocycles. The third-order valence-corrected chi connectivity index (χ3v) is 4.44. The normalized spacial score (nSPS) is 18.3. The van der Waals surface area contributed by atoms with Gasteiger partial charge in [0.2, 0.25) is 0 Å². The fourth-order valence-corrected chi connectivity index (χ4v) is 3.31. The lowest BCUT2D eigenvalue weighted by Gasteiger charge is -2.25. The van der Waals surface area contributed by atoms with E-state index in [1.54, 1.807) is 6.33 Å². The van der Waals surface area contributed by atoms with Gasteiger partial charge in [-0.1, -0.05) is 39.5 Å². The van der Waals surface area contributed by atoms with E-state index < -0.39 is 0 Å². The van der Waals surface area contributed by atoms with E-state index in [9.17, 15) is 0 Å². The molecule has 1 aliphatic rings. The smallest absolute Gasteiger partial charge is 0.138 e. The quantitative estimate of drug-likeness (QED) is 0.833. The van der Waals surface area contributed by atoms with Crippen molar-refractivity contribution in [3.63, 3.8) is 0 Å². The van der Waals surface area contributed by atoms with Crippen LogP contribution >= 0.6 is 0 Å². The van der Waals surface area contributed by atoms with Crippen molar-refractivity contribution in [2.45, 2.75) is 71.9 Å². The van der Waals surface area contributed by atoms with Gasteiger partial charge in [-0.05, 0) is 32.2 Å². The third-order valence-electron chi connectivity index (χ3n) is 4.44. The number of hydrogen-bond donors (Lipinski definition) is 1. The highest BCUT2D eigenvalue weighted by atomic mass is 15.3. The molecule has 1 N–H and O–H groups in total. The van der Waals surface area contributed by atoms with Crippen LogP contribution in [0.15, 0.2) is 6.33 Å². The van der Waals surface area contributed by atoms with Crippen LogP contribution in [0.3, 0.4) is 0 Å². The molecule has 2 rings (SSSR count). The van der Waals surface area contributed by atoms with Crippen molar-refractivity contribution < 1.29 is 0 Å². The van der Waals surface area contributed by atoms with Crippen molar-refractivity contribution in [2.75, 3.05) is 6.54 Å². The summed E-state index contributed by atoms with van der Waals surface area (Å²) in [4.78, 5) is 4.50. The molecule has 4 heteroatoms. The van der Waals surface area contributed by atoms with Crippen molar-refractivity contribution in [3.8, 4) is 0 Å². The number of rotatable bonds is 7. The topological polar surface area (TPSA) is 42.7 Å². The molecule has 1 atom stereocenters. The van der Waals surface area contributed by atoms with Crippen LogP contribution in [-0.4, -0.2) is 27.4 Å². The zero-order valence-electron chi connectivity index (χ0n) is 13.5. The Morgan fingerprint density at radius 2 is 1.95 bits per heavy atom. The number of nitrogens with zero attached hydrogens (tertiary/aromatic N) is 3. The first-order valence-electron chi connectivity index (χ1n) is 8.19. The number of nitrogens with one attached hydrogen (secondary N) is 1. The second kappa shape index (κ2) is 7.21. The Kier molecular flexibility index (Phi) is 5.58. The molecular formula is C16H30N4. The first-order chi connectivity index (χ1) is 9.58. The molecule has 0 spiro atoms. The van der Waals surface area contributed by atoms with E-state index in [-0.39, 0.29) is 0 Å². The van der Waals surface area contributed by atoms with Gasteiger partial charge < -0.3 is 5.32 Å². The molecule has 0 aliphatic heterocycles. The Bertz CT molecular complexity index is 391. The predicted octanol–water partition coefficient (Wildman–Crippen LogP) is 3.21. The third kappa shape index (κ3) is 4.05. The van der Waals surface area contributed by atoms with Crippen LogP contribution in [0.25, 0.3) is 0 Å². The maximum absolute atomic E-state index is 4.50. The predicted molar refractivity (Wildman–Crippen MR) is 82.7 cm³/mol. The summed E-state index contributed by atoms with van der Waals surface area (Å²) in [6, 6.07) is 0.955. The zero-order chi connectivity index (χ0) is 14.5. The summed E-state index contributed by atoms with van der Waals surface area (Å²) in [5, 5.41) is 8.00. The van der Waals surface area contributed by atoms with E-state index in [4.69, 9.17) is 0 Å². The van der Waals surface area contributed by atoms with E-state index in [1.807, 2.05) is 0 Å². The molecule has 0 radical (unpaired) electrons. The minimum absolute atomic E-state index is 0.398. The molecule has 1 aromatic rings. The molecule has 0 aromatic carbocycles. The summed E-state index contributed by atoms with van der Waals surface area (Å²) in [6.07, 6.45) is 8.35. The summed E-state index contributed by atoms with van der Waals surface area (Å²) < 4.78 is 2.08. The lowest BCUT2D eigenvalue weighted by atomic mass is 9.87. The van der Waals surface area contributed by atoms with Gasteiger partial charge in [-0.3, -0.25) is 0 Å². The van der Waals surface area contributed by atoms with Crippen LogP contribution in [0.1, 0.15) is 65.2 Å². The fourth-order valence-electron chi connectivity index (χ4n) is 3.31. The maximum atomic E-state index is 4.50. The van der Waals surface area contributed by atoms with Gasteiger partial charge in [-0.2, -0.15) is 5.10 Å². The second-order valence-corrected chi connectivity index (χ2v) is 6.79. The zero-order valence-corrected chi connectivity index (χ0v) is 13.5. The Labute approximate surface area is 123 Å². The first-order valence-corrected chi connectivity index (χ1v) is 8.19. The number of hydrogen-bond acceptors (Lipinski definition) is 3. The van der Waals surface area contributed by atoms with Gasteiger partial charge in [0.25, 0.3) is 0 Å². The van der Waals surface area contributed by atoms with Crippen LogP contribution in [0.4, 0.5) is 0 Å². The largest absolute Gasteiger partial charge is 0.314 e. The molecule has 20 heavy (non-hydrogen) atoms. The fraction of sp³-hybridized carbons (Fsp3) is 0.875. The van der Waals surface area contributed by atoms with Crippen molar-refractivity contribution >= 4 is 0 Å². The second-order valence-electron chi connectivity index (χ2n) is 6.79. The highest BCUT2D eigenvalue weighted by molar-refractivity contribution is 4.92. The molecule has 1 aromatic heterocycles. The summed E-state index contributed by atoms with van der Waals surface area (Å²) >= 11 is 0. The average molecular weight is 278 g/mol. The summed E-state index contributed by atoms with van der Waals surface area (Å²) in [5.74, 6) is 2.71. The lowest BCUT2D eigenvalue weighted by molar-refractivity contribution is 0.302. The molecule has 0 bridgehead atoms. The number of aromatic nitrogens is 3. The maximum Gasteiger partial charge on any atom is 0.138 e. The Hall–Kier alpha value is -0.900. The standard InChI is InChI=1S/C16H30N4/c1-12(2)17-10-15(14-7-5-6-8-14)9-16-18-11-19-20(16)13(3)4/h11-15,17H,5-10H2,1-4H3. The van der Waals surface area contributed by atoms with Crippen molar-refractivity contribution in [1.29, 1.82) is 0 Å². The van der Waals surface area contributed by atoms with E-state index in [1.165, 1.54) is 25.7 Å². The molecule has 1 saturated carbocycles. The lowest BCUT2D eigenvalue weighted by Crippen LogP contribution is -2.33. The Morgan fingerprint density at radius 3 is 2.55 bits per heavy atom. The van der Waals surface area contributed by atoms with E-state index in [0.29, 0.717) is 18.0 Å². The van der Waals surface area contributed by atoms with Gasteiger partial charge in [0.15, 0.2) is 0 Å².